The van der Waals surface area contributed by atoms with Crippen LogP contribution in [0.1, 0.15) is 54.5 Å². The highest BCUT2D eigenvalue weighted by atomic mass is 32.2. The van der Waals surface area contributed by atoms with Crippen LogP contribution in [-0.4, -0.2) is 25.6 Å². The van der Waals surface area contributed by atoms with Crippen molar-refractivity contribution in [3.05, 3.63) is 102 Å². The molecule has 0 bridgehead atoms. The molecule has 3 aromatic carbocycles. The molecule has 0 heterocycles. The Balaban J connectivity index is 1.67. The van der Waals surface area contributed by atoms with E-state index in [2.05, 4.69) is 15.4 Å². The summed E-state index contributed by atoms with van der Waals surface area (Å²) in [6.45, 7) is 1.93. The summed E-state index contributed by atoms with van der Waals surface area (Å²) in [5.74, 6) is 0. The van der Waals surface area contributed by atoms with Gasteiger partial charge in [0.1, 0.15) is 0 Å². The lowest BCUT2D eigenvalue weighted by atomic mass is 9.91. The molecule has 190 valence electrons. The number of hydrogen-bond donors (Lipinski definition) is 4. The molecule has 0 unspecified atom stereocenters. The van der Waals surface area contributed by atoms with E-state index in [1.807, 2.05) is 67.6 Å². The first-order valence-electron chi connectivity index (χ1n) is 12.3. The maximum Gasteiger partial charge on any atom is 0.241 e. The number of benzene rings is 3. The Kier molecular flexibility index (Phi) is 8.74. The molecule has 1 aliphatic carbocycles. The van der Waals surface area contributed by atoms with Crippen LogP contribution in [0.15, 0.2) is 89.8 Å². The van der Waals surface area contributed by atoms with E-state index in [4.69, 9.17) is 18.0 Å². The predicted octanol–water partition coefficient (Wildman–Crippen LogP) is 4.49. The van der Waals surface area contributed by atoms with Crippen molar-refractivity contribution in [2.45, 2.75) is 61.7 Å². The Hall–Kier alpha value is -2.78. The van der Waals surface area contributed by atoms with E-state index < -0.39 is 22.1 Å². The third kappa shape index (κ3) is 6.70. The molecule has 0 spiro atoms. The summed E-state index contributed by atoms with van der Waals surface area (Å²) < 4.78 is 30.0. The first kappa shape index (κ1) is 26.3. The quantitative estimate of drug-likeness (QED) is 0.326. The smallest absolute Gasteiger partial charge is 0.241 e. The lowest BCUT2D eigenvalue weighted by Gasteiger charge is -2.34. The first-order chi connectivity index (χ1) is 17.3. The minimum Gasteiger partial charge on any atom is -0.358 e. The van der Waals surface area contributed by atoms with Gasteiger partial charge in [0.15, 0.2) is 5.11 Å². The number of aryl methyl sites for hydroxylation is 1. The van der Waals surface area contributed by atoms with Gasteiger partial charge in [-0.15, -0.1) is 0 Å². The third-order valence-electron chi connectivity index (χ3n) is 6.69. The summed E-state index contributed by atoms with van der Waals surface area (Å²) in [6.07, 6.45) is 4.16. The van der Waals surface area contributed by atoms with Gasteiger partial charge < -0.3 is 16.4 Å². The van der Waals surface area contributed by atoms with Crippen LogP contribution in [0.3, 0.4) is 0 Å². The molecule has 5 N–H and O–H groups in total. The van der Waals surface area contributed by atoms with Crippen LogP contribution < -0.4 is 21.1 Å². The van der Waals surface area contributed by atoms with E-state index in [0.29, 0.717) is 5.11 Å². The molecule has 4 rings (SSSR count). The van der Waals surface area contributed by atoms with Gasteiger partial charge in [-0.25, -0.2) is 13.1 Å². The van der Waals surface area contributed by atoms with Gasteiger partial charge in [0.25, 0.3) is 0 Å². The summed E-state index contributed by atoms with van der Waals surface area (Å²) in [6, 6.07) is 25.2. The molecule has 3 aromatic rings. The maximum absolute atomic E-state index is 13.5. The van der Waals surface area contributed by atoms with Gasteiger partial charge in [-0.3, -0.25) is 0 Å². The highest BCUT2D eigenvalue weighted by Crippen LogP contribution is 2.31. The minimum atomic E-state index is -3.82. The Bertz CT molecular complexity index is 1240. The minimum absolute atomic E-state index is 0.0404. The van der Waals surface area contributed by atoms with Gasteiger partial charge in [0, 0.05) is 12.1 Å². The van der Waals surface area contributed by atoms with Gasteiger partial charge in [0.2, 0.25) is 10.0 Å². The number of nitrogens with one attached hydrogen (secondary N) is 3. The summed E-state index contributed by atoms with van der Waals surface area (Å²) in [5.41, 5.74) is 9.07. The van der Waals surface area contributed by atoms with Gasteiger partial charge in [-0.1, -0.05) is 91.2 Å². The van der Waals surface area contributed by atoms with Crippen LogP contribution in [0.25, 0.3) is 0 Å². The van der Waals surface area contributed by atoms with Gasteiger partial charge in [-0.05, 0) is 55.2 Å². The number of hydrogen-bond acceptors (Lipinski definition) is 4. The normalized spacial score (nSPS) is 19.7. The van der Waals surface area contributed by atoms with Crippen molar-refractivity contribution in [2.75, 3.05) is 0 Å². The molecule has 0 amide bonds. The van der Waals surface area contributed by atoms with E-state index in [1.165, 1.54) is 0 Å². The Morgan fingerprint density at radius 1 is 0.861 bits per heavy atom. The Morgan fingerprint density at radius 3 is 2.00 bits per heavy atom. The average molecular weight is 523 g/mol. The third-order valence-corrected chi connectivity index (χ3v) is 8.38. The predicted molar refractivity (Wildman–Crippen MR) is 149 cm³/mol. The molecular formula is C28H34N4O2S2. The largest absolute Gasteiger partial charge is 0.358 e. The van der Waals surface area contributed by atoms with Gasteiger partial charge in [-0.2, -0.15) is 0 Å². The summed E-state index contributed by atoms with van der Waals surface area (Å²) in [5, 5.41) is 7.27. The van der Waals surface area contributed by atoms with Gasteiger partial charge >= 0.3 is 0 Å². The fraction of sp³-hybridized carbons (Fsp3) is 0.321. The van der Waals surface area contributed by atoms with Crippen LogP contribution in [0.2, 0.25) is 0 Å². The molecule has 8 heteroatoms. The second-order valence-corrected chi connectivity index (χ2v) is 11.5. The van der Waals surface area contributed by atoms with Crippen molar-refractivity contribution in [2.24, 2.45) is 5.73 Å². The van der Waals surface area contributed by atoms with Crippen molar-refractivity contribution < 1.29 is 8.42 Å². The van der Waals surface area contributed by atoms with Crippen molar-refractivity contribution in [3.63, 3.8) is 0 Å². The van der Waals surface area contributed by atoms with Crippen molar-refractivity contribution >= 4 is 27.4 Å². The molecular weight excluding hydrogens is 488 g/mol. The van der Waals surface area contributed by atoms with E-state index >= 15 is 0 Å². The van der Waals surface area contributed by atoms with E-state index in [1.54, 1.807) is 24.3 Å². The molecule has 1 saturated carbocycles. The van der Waals surface area contributed by atoms with E-state index in [-0.39, 0.29) is 17.0 Å². The lowest BCUT2D eigenvalue weighted by Crippen LogP contribution is -2.53. The molecule has 36 heavy (non-hydrogen) atoms. The average Bonchev–Trinajstić information content (AvgIpc) is 2.89. The molecule has 0 saturated heterocycles. The molecule has 0 aliphatic heterocycles. The summed E-state index contributed by atoms with van der Waals surface area (Å²) in [4.78, 5) is 0.217. The SMILES string of the molecule is Cc1ccc(S(=O)(=O)N[C@@H](c2ccccc2)[C@@H](NC(=S)N[C@@H]2CCCC[C@H]2N)c2ccccc2)cc1. The molecule has 1 fully saturated rings. The zero-order valence-corrected chi connectivity index (χ0v) is 22.1. The van der Waals surface area contributed by atoms with Crippen LogP contribution in [0.5, 0.6) is 0 Å². The first-order valence-corrected chi connectivity index (χ1v) is 14.2. The second-order valence-electron chi connectivity index (χ2n) is 9.38. The second kappa shape index (κ2) is 12.0. The van der Waals surface area contributed by atoms with E-state index in [9.17, 15) is 8.42 Å². The van der Waals surface area contributed by atoms with Gasteiger partial charge in [0.05, 0.1) is 17.0 Å². The monoisotopic (exact) mass is 522 g/mol. The highest BCUT2D eigenvalue weighted by Gasteiger charge is 2.31. The number of thiocarbonyl (C=S) groups is 1. The van der Waals surface area contributed by atoms with Crippen molar-refractivity contribution in [3.8, 4) is 0 Å². The van der Waals surface area contributed by atoms with E-state index in [0.717, 1.165) is 42.4 Å². The fourth-order valence-corrected chi connectivity index (χ4v) is 6.17. The van der Waals surface area contributed by atoms with Crippen LogP contribution in [-0.2, 0) is 10.0 Å². The van der Waals surface area contributed by atoms with Crippen molar-refractivity contribution in [1.82, 2.24) is 15.4 Å². The molecule has 4 atom stereocenters. The zero-order chi connectivity index (χ0) is 25.5. The topological polar surface area (TPSA) is 96.2 Å². The van der Waals surface area contributed by atoms with Crippen LogP contribution in [0, 0.1) is 6.92 Å². The number of rotatable bonds is 8. The summed E-state index contributed by atoms with van der Waals surface area (Å²) in [7, 11) is -3.82. The summed E-state index contributed by atoms with van der Waals surface area (Å²) >= 11 is 5.73. The molecule has 6 nitrogen and oxygen atoms in total. The number of sulfonamides is 1. The van der Waals surface area contributed by atoms with Crippen molar-refractivity contribution in [1.29, 1.82) is 0 Å². The maximum atomic E-state index is 13.5. The highest BCUT2D eigenvalue weighted by molar-refractivity contribution is 7.89. The number of nitrogens with two attached hydrogens (primary N) is 1. The lowest BCUT2D eigenvalue weighted by molar-refractivity contribution is 0.356. The molecule has 1 aliphatic rings. The molecule has 0 radical (unpaired) electrons. The van der Waals surface area contributed by atoms with Crippen LogP contribution in [0.4, 0.5) is 0 Å². The Labute approximate surface area is 219 Å². The Morgan fingerprint density at radius 2 is 1.42 bits per heavy atom. The molecule has 0 aromatic heterocycles. The standard InChI is InChI=1S/C28H34N4O2S2/c1-20-16-18-23(19-17-20)36(33,34)32-27(22-12-6-3-7-13-22)26(21-10-4-2-5-11-21)31-28(35)30-25-15-9-8-14-24(25)29/h2-7,10-13,16-19,24-27,32H,8-9,14-15,29H2,1H3,(H2,30,31,35)/t24-,25-,26+,27+/m1/s1. The van der Waals surface area contributed by atoms with Crippen LogP contribution >= 0.6 is 12.2 Å². The fourth-order valence-electron chi connectivity index (χ4n) is 4.65. The zero-order valence-electron chi connectivity index (χ0n) is 20.4.